The molecule has 1 heterocycles. The van der Waals surface area contributed by atoms with Crippen molar-refractivity contribution in [2.75, 3.05) is 25.6 Å². The first-order valence-corrected chi connectivity index (χ1v) is 8.44. The van der Waals surface area contributed by atoms with Gasteiger partial charge in [-0.25, -0.2) is 9.97 Å². The average Bonchev–Trinajstić information content (AvgIpc) is 2.63. The van der Waals surface area contributed by atoms with Crippen LogP contribution in [0.25, 0.3) is 10.9 Å². The molecule has 1 aliphatic rings. The molecule has 126 valence electrons. The number of nitrogens with zero attached hydrogens (tertiary/aromatic N) is 3. The molecule has 0 amide bonds. The van der Waals surface area contributed by atoms with Crippen LogP contribution in [0.3, 0.4) is 0 Å². The van der Waals surface area contributed by atoms with E-state index >= 15 is 0 Å². The molecule has 0 radical (unpaired) electrons. The summed E-state index contributed by atoms with van der Waals surface area (Å²) < 4.78 is 5.08. The minimum atomic E-state index is 0.411. The van der Waals surface area contributed by atoms with Crippen molar-refractivity contribution in [3.05, 3.63) is 30.1 Å². The van der Waals surface area contributed by atoms with E-state index in [0.717, 1.165) is 55.6 Å². The summed E-state index contributed by atoms with van der Waals surface area (Å²) in [6.07, 6.45) is 6.08. The predicted molar refractivity (Wildman–Crippen MR) is 93.8 cm³/mol. The summed E-state index contributed by atoms with van der Waals surface area (Å²) in [7, 11) is 1.73. The molecule has 1 saturated carbocycles. The summed E-state index contributed by atoms with van der Waals surface area (Å²) in [6, 6.07) is 8.68. The lowest BCUT2D eigenvalue weighted by atomic mass is 9.91. The Morgan fingerprint density at radius 3 is 2.75 bits per heavy atom. The van der Waals surface area contributed by atoms with Gasteiger partial charge >= 0.3 is 0 Å². The molecular weight excluding hydrogens is 302 g/mol. The van der Waals surface area contributed by atoms with Gasteiger partial charge in [0.25, 0.3) is 0 Å². The maximum Gasteiger partial charge on any atom is 0.137 e. The van der Waals surface area contributed by atoms with Crippen LogP contribution >= 0.6 is 0 Å². The Labute approximate surface area is 142 Å². The van der Waals surface area contributed by atoms with Gasteiger partial charge in [0.2, 0.25) is 0 Å². The normalized spacial score (nSPS) is 20.7. The van der Waals surface area contributed by atoms with Gasteiger partial charge in [-0.15, -0.1) is 0 Å². The molecule has 0 bridgehead atoms. The Bertz CT molecular complexity index is 719. The van der Waals surface area contributed by atoms with Crippen molar-refractivity contribution in [1.82, 2.24) is 15.3 Å². The van der Waals surface area contributed by atoms with Crippen molar-refractivity contribution >= 4 is 16.7 Å². The molecule has 0 aliphatic heterocycles. The third kappa shape index (κ3) is 3.99. The van der Waals surface area contributed by atoms with Crippen LogP contribution in [-0.2, 0) is 4.74 Å². The summed E-state index contributed by atoms with van der Waals surface area (Å²) in [6.45, 7) is 1.67. The number of nitriles is 1. The molecule has 2 aromatic rings. The number of hydrogen-bond donors (Lipinski definition) is 2. The number of anilines is 1. The van der Waals surface area contributed by atoms with Gasteiger partial charge < -0.3 is 15.4 Å². The van der Waals surface area contributed by atoms with Gasteiger partial charge in [-0.3, -0.25) is 0 Å². The van der Waals surface area contributed by atoms with Crippen molar-refractivity contribution in [3.63, 3.8) is 0 Å². The smallest absolute Gasteiger partial charge is 0.137 e. The Balaban J connectivity index is 1.63. The monoisotopic (exact) mass is 325 g/mol. The van der Waals surface area contributed by atoms with Gasteiger partial charge in [0.15, 0.2) is 0 Å². The van der Waals surface area contributed by atoms with Crippen LogP contribution in [0.1, 0.15) is 31.2 Å². The fourth-order valence-corrected chi connectivity index (χ4v) is 3.24. The third-order valence-corrected chi connectivity index (χ3v) is 4.57. The van der Waals surface area contributed by atoms with Gasteiger partial charge in [-0.05, 0) is 43.9 Å². The van der Waals surface area contributed by atoms with Crippen LogP contribution in [-0.4, -0.2) is 42.3 Å². The van der Waals surface area contributed by atoms with Gasteiger partial charge in [0.1, 0.15) is 12.1 Å². The van der Waals surface area contributed by atoms with Gasteiger partial charge in [0, 0.05) is 31.1 Å². The van der Waals surface area contributed by atoms with E-state index < -0.39 is 0 Å². The third-order valence-electron chi connectivity index (χ3n) is 4.57. The van der Waals surface area contributed by atoms with Crippen LogP contribution in [0.5, 0.6) is 0 Å². The minimum Gasteiger partial charge on any atom is -0.383 e. The molecule has 0 atom stereocenters. The fraction of sp³-hybridized carbons (Fsp3) is 0.500. The van der Waals surface area contributed by atoms with Crippen LogP contribution < -0.4 is 10.6 Å². The summed E-state index contributed by atoms with van der Waals surface area (Å²) in [5.74, 6) is 0.827. The lowest BCUT2D eigenvalue weighted by Gasteiger charge is -2.30. The number of hydrogen-bond acceptors (Lipinski definition) is 6. The van der Waals surface area contributed by atoms with Gasteiger partial charge in [0.05, 0.1) is 23.8 Å². The Morgan fingerprint density at radius 2 is 2.00 bits per heavy atom. The van der Waals surface area contributed by atoms with Gasteiger partial charge in [-0.1, -0.05) is 0 Å². The Kier molecular flexibility index (Phi) is 5.57. The number of fused-ring (bicyclic) bond motifs is 1. The van der Waals surface area contributed by atoms with E-state index in [9.17, 15) is 0 Å². The lowest BCUT2D eigenvalue weighted by molar-refractivity contribution is 0.191. The molecular formula is C18H23N5O. The van der Waals surface area contributed by atoms with E-state index in [-0.39, 0.29) is 0 Å². The molecule has 1 aliphatic carbocycles. The number of aromatic nitrogens is 2. The van der Waals surface area contributed by atoms with Crippen LogP contribution in [0.2, 0.25) is 0 Å². The highest BCUT2D eigenvalue weighted by atomic mass is 16.5. The standard InChI is InChI=1S/C18H23N5O/c1-24-9-8-20-14-3-5-15(6-4-14)23-18-16-10-13(11-19)2-7-17(16)21-12-22-18/h2,7,10,12,14-15,20H,3-6,8-9H2,1H3,(H,21,22,23)/t14-,15-. The molecule has 24 heavy (non-hydrogen) atoms. The summed E-state index contributed by atoms with van der Waals surface area (Å²) in [5, 5.41) is 17.1. The summed E-state index contributed by atoms with van der Waals surface area (Å²) in [5.41, 5.74) is 1.49. The predicted octanol–water partition coefficient (Wildman–Crippen LogP) is 2.46. The maximum absolute atomic E-state index is 9.10. The molecule has 1 fully saturated rings. The van der Waals surface area contributed by atoms with E-state index in [0.29, 0.717) is 17.6 Å². The molecule has 0 saturated heterocycles. The zero-order valence-electron chi connectivity index (χ0n) is 14.0. The summed E-state index contributed by atoms with van der Waals surface area (Å²) in [4.78, 5) is 8.67. The summed E-state index contributed by atoms with van der Waals surface area (Å²) >= 11 is 0. The van der Waals surface area contributed by atoms with E-state index in [1.807, 2.05) is 12.1 Å². The SMILES string of the molecule is COCCN[C@H]1CC[C@H](Nc2ncnc3ccc(C#N)cc23)CC1. The maximum atomic E-state index is 9.10. The molecule has 1 aromatic carbocycles. The molecule has 3 rings (SSSR count). The van der Waals surface area contributed by atoms with Crippen LogP contribution in [0.15, 0.2) is 24.5 Å². The van der Waals surface area contributed by atoms with Crippen molar-refractivity contribution in [2.45, 2.75) is 37.8 Å². The van der Waals surface area contributed by atoms with Crippen LogP contribution in [0.4, 0.5) is 5.82 Å². The zero-order valence-corrected chi connectivity index (χ0v) is 14.0. The first kappa shape index (κ1) is 16.6. The fourth-order valence-electron chi connectivity index (χ4n) is 3.24. The van der Waals surface area contributed by atoms with Crippen molar-refractivity contribution in [1.29, 1.82) is 5.26 Å². The first-order chi connectivity index (χ1) is 11.8. The highest BCUT2D eigenvalue weighted by Gasteiger charge is 2.21. The van der Waals surface area contributed by atoms with Crippen molar-refractivity contribution in [2.24, 2.45) is 0 Å². The Hall–Kier alpha value is -2.23. The second-order valence-corrected chi connectivity index (χ2v) is 6.21. The number of nitrogens with one attached hydrogen (secondary N) is 2. The number of rotatable bonds is 6. The first-order valence-electron chi connectivity index (χ1n) is 8.44. The van der Waals surface area contributed by atoms with Crippen molar-refractivity contribution < 1.29 is 4.74 Å². The topological polar surface area (TPSA) is 82.9 Å². The second-order valence-electron chi connectivity index (χ2n) is 6.21. The molecule has 6 heteroatoms. The molecule has 6 nitrogen and oxygen atoms in total. The van der Waals surface area contributed by atoms with Gasteiger partial charge in [-0.2, -0.15) is 5.26 Å². The second kappa shape index (κ2) is 8.04. The largest absolute Gasteiger partial charge is 0.383 e. The number of benzene rings is 1. The van der Waals surface area contributed by atoms with E-state index in [1.165, 1.54) is 0 Å². The molecule has 0 unspecified atom stereocenters. The average molecular weight is 325 g/mol. The minimum absolute atomic E-state index is 0.411. The number of methoxy groups -OCH3 is 1. The highest BCUT2D eigenvalue weighted by molar-refractivity contribution is 5.89. The Morgan fingerprint density at radius 1 is 1.21 bits per heavy atom. The zero-order chi connectivity index (χ0) is 16.8. The molecule has 0 spiro atoms. The molecule has 1 aromatic heterocycles. The van der Waals surface area contributed by atoms with E-state index in [2.05, 4.69) is 26.7 Å². The number of ether oxygens (including phenoxy) is 1. The van der Waals surface area contributed by atoms with E-state index in [4.69, 9.17) is 10.00 Å². The van der Waals surface area contributed by atoms with Crippen molar-refractivity contribution in [3.8, 4) is 6.07 Å². The molecule has 2 N–H and O–H groups in total. The van der Waals surface area contributed by atoms with E-state index in [1.54, 1.807) is 19.5 Å². The van der Waals surface area contributed by atoms with Crippen LogP contribution in [0, 0.1) is 11.3 Å². The lowest BCUT2D eigenvalue weighted by Crippen LogP contribution is -2.38. The quantitative estimate of drug-likeness (QED) is 0.794. The highest BCUT2D eigenvalue weighted by Crippen LogP contribution is 2.25.